The van der Waals surface area contributed by atoms with Gasteiger partial charge in [0.2, 0.25) is 0 Å². The van der Waals surface area contributed by atoms with E-state index in [0.29, 0.717) is 18.5 Å². The van der Waals surface area contributed by atoms with E-state index >= 15 is 0 Å². The Hall–Kier alpha value is -1.18. The Balaban J connectivity index is 1.96. The van der Waals surface area contributed by atoms with Crippen molar-refractivity contribution >= 4 is 44.0 Å². The van der Waals surface area contributed by atoms with Crippen LogP contribution in [0.2, 0.25) is 0 Å². The molecule has 3 rings (SSSR count). The SMILES string of the molecule is NCc1sc2cccc(F)c2c1COc1cccc(I)c1. The normalized spacial score (nSPS) is 11.0. The Bertz CT molecular complexity index is 787. The molecule has 2 N–H and O–H groups in total. The molecule has 2 nitrogen and oxygen atoms in total. The van der Waals surface area contributed by atoms with Crippen molar-refractivity contribution in [1.29, 1.82) is 0 Å². The van der Waals surface area contributed by atoms with Crippen molar-refractivity contribution in [1.82, 2.24) is 0 Å². The van der Waals surface area contributed by atoms with Crippen molar-refractivity contribution in [2.45, 2.75) is 13.2 Å². The zero-order chi connectivity index (χ0) is 14.8. The maximum Gasteiger partial charge on any atom is 0.132 e. The van der Waals surface area contributed by atoms with Gasteiger partial charge in [0.15, 0.2) is 0 Å². The number of benzene rings is 2. The fraction of sp³-hybridized carbons (Fsp3) is 0.125. The zero-order valence-corrected chi connectivity index (χ0v) is 14.1. The molecule has 1 aromatic heterocycles. The third kappa shape index (κ3) is 3.04. The second-order valence-electron chi connectivity index (χ2n) is 4.57. The van der Waals surface area contributed by atoms with Crippen LogP contribution in [0.1, 0.15) is 10.4 Å². The summed E-state index contributed by atoms with van der Waals surface area (Å²) in [6, 6.07) is 12.9. The number of ether oxygens (including phenoxy) is 1. The quantitative estimate of drug-likeness (QED) is 0.631. The molecule has 0 atom stereocenters. The Morgan fingerprint density at radius 3 is 2.76 bits per heavy atom. The first-order valence-electron chi connectivity index (χ1n) is 6.46. The van der Waals surface area contributed by atoms with E-state index in [4.69, 9.17) is 10.5 Å². The van der Waals surface area contributed by atoms with Crippen molar-refractivity contribution < 1.29 is 9.13 Å². The van der Waals surface area contributed by atoms with Gasteiger partial charge in [-0.15, -0.1) is 11.3 Å². The molecule has 108 valence electrons. The number of hydrogen-bond donors (Lipinski definition) is 1. The van der Waals surface area contributed by atoms with Gasteiger partial charge in [-0.25, -0.2) is 4.39 Å². The van der Waals surface area contributed by atoms with Crippen LogP contribution in [0.5, 0.6) is 5.75 Å². The molecule has 0 amide bonds. The summed E-state index contributed by atoms with van der Waals surface area (Å²) in [5.41, 5.74) is 6.64. The van der Waals surface area contributed by atoms with Crippen molar-refractivity contribution in [3.8, 4) is 5.75 Å². The molecule has 0 aliphatic rings. The standard InChI is InChI=1S/C16H13FINOS/c17-13-5-2-6-14-16(13)12(15(8-19)21-14)9-20-11-4-1-3-10(18)7-11/h1-7H,8-9,19H2. The Morgan fingerprint density at radius 2 is 2.00 bits per heavy atom. The summed E-state index contributed by atoms with van der Waals surface area (Å²) >= 11 is 3.76. The minimum Gasteiger partial charge on any atom is -0.489 e. The van der Waals surface area contributed by atoms with Crippen LogP contribution < -0.4 is 10.5 Å². The summed E-state index contributed by atoms with van der Waals surface area (Å²) < 4.78 is 21.9. The molecule has 21 heavy (non-hydrogen) atoms. The van der Waals surface area contributed by atoms with Gasteiger partial charge in [-0.05, 0) is 52.9 Å². The van der Waals surface area contributed by atoms with Gasteiger partial charge in [0, 0.05) is 30.6 Å². The number of fused-ring (bicyclic) bond motifs is 1. The highest BCUT2D eigenvalue weighted by Crippen LogP contribution is 2.33. The molecule has 0 unspecified atom stereocenters. The first kappa shape index (κ1) is 14.7. The fourth-order valence-electron chi connectivity index (χ4n) is 2.25. The summed E-state index contributed by atoms with van der Waals surface area (Å²) in [6.07, 6.45) is 0. The molecule has 0 fully saturated rings. The smallest absolute Gasteiger partial charge is 0.132 e. The molecule has 1 heterocycles. The van der Waals surface area contributed by atoms with E-state index in [1.807, 2.05) is 30.3 Å². The van der Waals surface area contributed by atoms with Crippen LogP contribution in [0.25, 0.3) is 10.1 Å². The number of hydrogen-bond acceptors (Lipinski definition) is 3. The van der Waals surface area contributed by atoms with E-state index in [0.717, 1.165) is 24.5 Å². The van der Waals surface area contributed by atoms with Crippen LogP contribution in [0.3, 0.4) is 0 Å². The Kier molecular flexibility index (Phi) is 4.42. The molecule has 0 saturated carbocycles. The van der Waals surface area contributed by atoms with Gasteiger partial charge in [0.1, 0.15) is 18.2 Å². The molecule has 3 aromatic rings. The summed E-state index contributed by atoms with van der Waals surface area (Å²) in [4.78, 5) is 0.973. The molecule has 0 aliphatic heterocycles. The van der Waals surface area contributed by atoms with Crippen molar-refractivity contribution in [2.75, 3.05) is 0 Å². The van der Waals surface area contributed by atoms with Crippen LogP contribution in [0.15, 0.2) is 42.5 Å². The van der Waals surface area contributed by atoms with Gasteiger partial charge in [-0.3, -0.25) is 0 Å². The minimum atomic E-state index is -0.218. The lowest BCUT2D eigenvalue weighted by molar-refractivity contribution is 0.306. The van der Waals surface area contributed by atoms with Crippen LogP contribution >= 0.6 is 33.9 Å². The monoisotopic (exact) mass is 413 g/mol. The van der Waals surface area contributed by atoms with Gasteiger partial charge in [0.25, 0.3) is 0 Å². The van der Waals surface area contributed by atoms with E-state index < -0.39 is 0 Å². The van der Waals surface area contributed by atoms with E-state index in [2.05, 4.69) is 22.6 Å². The van der Waals surface area contributed by atoms with Crippen LogP contribution in [0.4, 0.5) is 4.39 Å². The topological polar surface area (TPSA) is 35.2 Å². The molecule has 2 aromatic carbocycles. The highest BCUT2D eigenvalue weighted by atomic mass is 127. The van der Waals surface area contributed by atoms with E-state index in [1.54, 1.807) is 6.07 Å². The highest BCUT2D eigenvalue weighted by molar-refractivity contribution is 14.1. The first-order valence-corrected chi connectivity index (χ1v) is 8.35. The van der Waals surface area contributed by atoms with Gasteiger partial charge in [-0.2, -0.15) is 0 Å². The van der Waals surface area contributed by atoms with Gasteiger partial charge < -0.3 is 10.5 Å². The molecule has 0 spiro atoms. The van der Waals surface area contributed by atoms with Crippen molar-refractivity contribution in [3.05, 3.63) is 62.3 Å². The Morgan fingerprint density at radius 1 is 1.19 bits per heavy atom. The predicted octanol–water partition coefficient (Wildman–Crippen LogP) is 4.68. The van der Waals surface area contributed by atoms with E-state index in [-0.39, 0.29) is 5.82 Å². The molecular formula is C16H13FINOS. The van der Waals surface area contributed by atoms with Gasteiger partial charge >= 0.3 is 0 Å². The molecule has 0 bridgehead atoms. The van der Waals surface area contributed by atoms with Crippen LogP contribution in [-0.4, -0.2) is 0 Å². The third-order valence-electron chi connectivity index (χ3n) is 3.21. The summed E-state index contributed by atoms with van der Waals surface area (Å²) in [7, 11) is 0. The van der Waals surface area contributed by atoms with Crippen molar-refractivity contribution in [3.63, 3.8) is 0 Å². The van der Waals surface area contributed by atoms with Crippen molar-refractivity contribution in [2.24, 2.45) is 5.73 Å². The van der Waals surface area contributed by atoms with Gasteiger partial charge in [-0.1, -0.05) is 12.1 Å². The number of thiophene rings is 1. The lowest BCUT2D eigenvalue weighted by Gasteiger charge is -2.08. The summed E-state index contributed by atoms with van der Waals surface area (Å²) in [6.45, 7) is 0.720. The fourth-order valence-corrected chi connectivity index (χ4v) is 3.86. The predicted molar refractivity (Wildman–Crippen MR) is 93.2 cm³/mol. The number of nitrogens with two attached hydrogens (primary N) is 1. The minimum absolute atomic E-state index is 0.218. The van der Waals surface area contributed by atoms with Gasteiger partial charge in [0.05, 0.1) is 0 Å². The molecular weight excluding hydrogens is 400 g/mol. The molecule has 5 heteroatoms. The average Bonchev–Trinajstić information content (AvgIpc) is 2.84. The maximum atomic E-state index is 14.1. The molecule has 0 saturated heterocycles. The summed E-state index contributed by atoms with van der Waals surface area (Å²) in [5, 5.41) is 0.633. The summed E-state index contributed by atoms with van der Waals surface area (Å²) in [5.74, 6) is 0.560. The van der Waals surface area contributed by atoms with Crippen LogP contribution in [0, 0.1) is 9.39 Å². The second kappa shape index (κ2) is 6.29. The highest BCUT2D eigenvalue weighted by Gasteiger charge is 2.15. The third-order valence-corrected chi connectivity index (χ3v) is 5.10. The lowest BCUT2D eigenvalue weighted by atomic mass is 10.1. The maximum absolute atomic E-state index is 14.1. The average molecular weight is 413 g/mol. The molecule has 0 radical (unpaired) electrons. The largest absolute Gasteiger partial charge is 0.489 e. The van der Waals surface area contributed by atoms with Crippen LogP contribution in [-0.2, 0) is 13.2 Å². The Labute approximate surface area is 139 Å². The zero-order valence-electron chi connectivity index (χ0n) is 11.1. The first-order chi connectivity index (χ1) is 10.2. The lowest BCUT2D eigenvalue weighted by Crippen LogP contribution is -2.02. The number of halogens is 2. The molecule has 0 aliphatic carbocycles. The van der Waals surface area contributed by atoms with E-state index in [9.17, 15) is 4.39 Å². The second-order valence-corrected chi connectivity index (χ2v) is 6.95. The van der Waals surface area contributed by atoms with E-state index in [1.165, 1.54) is 17.4 Å². The number of rotatable bonds is 4.